The molecule has 3 aromatic carbocycles. The zero-order valence-corrected chi connectivity index (χ0v) is 21.0. The molecule has 1 N–H and O–H groups in total. The van der Waals surface area contributed by atoms with Crippen LogP contribution in [0.3, 0.4) is 0 Å². The highest BCUT2D eigenvalue weighted by molar-refractivity contribution is 7.92. The van der Waals surface area contributed by atoms with Crippen molar-refractivity contribution in [1.29, 1.82) is 0 Å². The van der Waals surface area contributed by atoms with Crippen LogP contribution in [0, 0.1) is 0 Å². The van der Waals surface area contributed by atoms with Gasteiger partial charge in [0.2, 0.25) is 0 Å². The summed E-state index contributed by atoms with van der Waals surface area (Å²) in [6.07, 6.45) is 0. The largest absolute Gasteiger partial charge is 0.346 e. The van der Waals surface area contributed by atoms with Gasteiger partial charge < -0.3 is 5.32 Å². The fourth-order valence-electron chi connectivity index (χ4n) is 3.36. The topological polar surface area (TPSA) is 66.5 Å². The first-order valence-corrected chi connectivity index (χ1v) is 12.5. The molecule has 1 amide bonds. The third-order valence-electron chi connectivity index (χ3n) is 5.59. The van der Waals surface area contributed by atoms with Gasteiger partial charge >= 0.3 is 0 Å². The van der Waals surface area contributed by atoms with Crippen LogP contribution in [0.2, 0.25) is 5.02 Å². The molecule has 7 heteroatoms. The van der Waals surface area contributed by atoms with E-state index in [1.165, 1.54) is 41.2 Å². The summed E-state index contributed by atoms with van der Waals surface area (Å²) in [7, 11) is -2.26. The van der Waals surface area contributed by atoms with Crippen molar-refractivity contribution >= 4 is 33.2 Å². The lowest BCUT2D eigenvalue weighted by atomic mass is 9.86. The molecule has 174 valence electrons. The monoisotopic (exact) mass is 484 g/mol. The number of nitrogens with one attached hydrogen (secondary N) is 1. The predicted octanol–water partition coefficient (Wildman–Crippen LogP) is 5.95. The number of halogens is 1. The minimum absolute atomic E-state index is 0.0704. The van der Waals surface area contributed by atoms with Crippen molar-refractivity contribution in [1.82, 2.24) is 5.32 Å². The van der Waals surface area contributed by atoms with Crippen molar-refractivity contribution in [2.45, 2.75) is 44.0 Å². The molecule has 0 saturated heterocycles. The van der Waals surface area contributed by atoms with Gasteiger partial charge in [0, 0.05) is 17.6 Å². The van der Waals surface area contributed by atoms with Gasteiger partial charge in [0.1, 0.15) is 0 Å². The van der Waals surface area contributed by atoms with Crippen LogP contribution in [-0.4, -0.2) is 21.4 Å². The van der Waals surface area contributed by atoms with Gasteiger partial charge in [-0.3, -0.25) is 9.10 Å². The molecule has 0 fully saturated rings. The molecule has 33 heavy (non-hydrogen) atoms. The Morgan fingerprint density at radius 1 is 0.909 bits per heavy atom. The maximum absolute atomic E-state index is 12.9. The number of nitrogens with zero attached hydrogens (tertiary/aromatic N) is 1. The molecule has 0 heterocycles. The minimum Gasteiger partial charge on any atom is -0.346 e. The summed E-state index contributed by atoms with van der Waals surface area (Å²) in [5.74, 6) is -0.225. The van der Waals surface area contributed by atoms with Crippen LogP contribution >= 0.6 is 11.6 Å². The highest BCUT2D eigenvalue weighted by atomic mass is 35.5. The zero-order valence-electron chi connectivity index (χ0n) is 19.5. The third kappa shape index (κ3) is 5.75. The van der Waals surface area contributed by atoms with E-state index in [0.29, 0.717) is 16.3 Å². The van der Waals surface area contributed by atoms with Crippen molar-refractivity contribution in [2.75, 3.05) is 11.4 Å². The molecule has 0 aromatic heterocycles. The van der Waals surface area contributed by atoms with Crippen molar-refractivity contribution in [3.8, 4) is 0 Å². The minimum atomic E-state index is -3.74. The summed E-state index contributed by atoms with van der Waals surface area (Å²) in [5.41, 5.74) is 3.22. The smallest absolute Gasteiger partial charge is 0.264 e. The highest BCUT2D eigenvalue weighted by Crippen LogP contribution is 2.25. The quantitative estimate of drug-likeness (QED) is 0.469. The molecule has 5 nitrogen and oxygen atoms in total. The number of carbonyl (C=O) groups is 1. The second kappa shape index (κ2) is 9.57. The maximum Gasteiger partial charge on any atom is 0.264 e. The number of benzene rings is 3. The van der Waals surface area contributed by atoms with Crippen molar-refractivity contribution in [2.24, 2.45) is 0 Å². The maximum atomic E-state index is 12.9. The second-order valence-corrected chi connectivity index (χ2v) is 11.4. The number of hydrogen-bond acceptors (Lipinski definition) is 3. The molecule has 3 aromatic rings. The van der Waals surface area contributed by atoms with Crippen molar-refractivity contribution < 1.29 is 13.2 Å². The molecule has 3 rings (SSSR count). The van der Waals surface area contributed by atoms with Gasteiger partial charge in [-0.1, -0.05) is 56.6 Å². The number of amides is 1. The normalized spacial score (nSPS) is 12.8. The molecule has 0 saturated carbocycles. The summed E-state index contributed by atoms with van der Waals surface area (Å²) < 4.78 is 26.9. The third-order valence-corrected chi connectivity index (χ3v) is 7.64. The predicted molar refractivity (Wildman–Crippen MR) is 135 cm³/mol. The fraction of sp³-hybridized carbons (Fsp3) is 0.269. The molecule has 0 unspecified atom stereocenters. The lowest BCUT2D eigenvalue weighted by Crippen LogP contribution is -2.28. The zero-order chi connectivity index (χ0) is 24.4. The Hall–Kier alpha value is -2.83. The lowest BCUT2D eigenvalue weighted by Gasteiger charge is -2.21. The van der Waals surface area contributed by atoms with Gasteiger partial charge in [0.15, 0.2) is 0 Å². The van der Waals surface area contributed by atoms with Crippen molar-refractivity contribution in [3.63, 3.8) is 0 Å². The average molecular weight is 485 g/mol. The lowest BCUT2D eigenvalue weighted by molar-refractivity contribution is 0.0940. The summed E-state index contributed by atoms with van der Waals surface area (Å²) in [5, 5.41) is 3.46. The van der Waals surface area contributed by atoms with Gasteiger partial charge in [0.25, 0.3) is 15.9 Å². The molecule has 0 aliphatic rings. The van der Waals surface area contributed by atoms with Gasteiger partial charge in [-0.15, -0.1) is 0 Å². The van der Waals surface area contributed by atoms with Crippen LogP contribution in [-0.2, 0) is 15.4 Å². The number of sulfonamides is 1. The molecule has 0 spiro atoms. The van der Waals surface area contributed by atoms with E-state index in [2.05, 4.69) is 38.2 Å². The van der Waals surface area contributed by atoms with Crippen LogP contribution in [0.1, 0.15) is 55.2 Å². The fourth-order valence-corrected chi connectivity index (χ4v) is 4.68. The summed E-state index contributed by atoms with van der Waals surface area (Å²) >= 11 is 5.86. The van der Waals surface area contributed by atoms with E-state index in [1.54, 1.807) is 24.3 Å². The van der Waals surface area contributed by atoms with Gasteiger partial charge in [0.05, 0.1) is 16.6 Å². The molecule has 0 radical (unpaired) electrons. The first-order chi connectivity index (χ1) is 15.4. The first-order valence-electron chi connectivity index (χ1n) is 10.7. The number of rotatable bonds is 6. The number of carbonyl (C=O) groups excluding carboxylic acids is 1. The van der Waals surface area contributed by atoms with E-state index in [-0.39, 0.29) is 22.3 Å². The average Bonchev–Trinajstić information content (AvgIpc) is 2.78. The van der Waals surface area contributed by atoms with Crippen LogP contribution < -0.4 is 9.62 Å². The van der Waals surface area contributed by atoms with Crippen LogP contribution in [0.4, 0.5) is 5.69 Å². The van der Waals surface area contributed by atoms with Crippen molar-refractivity contribution in [3.05, 3.63) is 94.5 Å². The van der Waals surface area contributed by atoms with E-state index in [0.717, 1.165) is 5.56 Å². The summed E-state index contributed by atoms with van der Waals surface area (Å²) in [4.78, 5) is 12.9. The molecule has 0 aliphatic carbocycles. The highest BCUT2D eigenvalue weighted by Gasteiger charge is 2.22. The van der Waals surface area contributed by atoms with Crippen LogP contribution in [0.5, 0.6) is 0 Å². The Labute approximate surface area is 201 Å². The molecular formula is C26H29ClN2O3S. The molecule has 0 aliphatic heterocycles. The van der Waals surface area contributed by atoms with Gasteiger partial charge in [-0.25, -0.2) is 8.42 Å². The molecule has 1 atom stereocenters. The van der Waals surface area contributed by atoms with Crippen LogP contribution in [0.25, 0.3) is 0 Å². The van der Waals surface area contributed by atoms with Gasteiger partial charge in [-0.05, 0) is 72.0 Å². The van der Waals surface area contributed by atoms with E-state index < -0.39 is 10.0 Å². The second-order valence-electron chi connectivity index (χ2n) is 9.04. The Bertz CT molecular complexity index is 1210. The standard InChI is InChI=1S/C26H29ClN2O3S/c1-18(19-6-10-21(11-7-19)26(2,3)4)28-25(30)20-8-14-23(15-9-20)29(5)33(31,32)24-16-12-22(27)13-17-24/h6-18H,1-5H3,(H,28,30)/t18-/m0/s1. The number of hydrogen-bond donors (Lipinski definition) is 1. The van der Waals surface area contributed by atoms with Crippen LogP contribution in [0.15, 0.2) is 77.7 Å². The Balaban J connectivity index is 1.70. The van der Waals surface area contributed by atoms with Gasteiger partial charge in [-0.2, -0.15) is 0 Å². The molecular weight excluding hydrogens is 456 g/mol. The van der Waals surface area contributed by atoms with E-state index in [9.17, 15) is 13.2 Å². The van der Waals surface area contributed by atoms with E-state index in [1.807, 2.05) is 19.1 Å². The first kappa shape index (κ1) is 24.8. The summed E-state index contributed by atoms with van der Waals surface area (Å²) in [6, 6.07) is 20.5. The van der Waals surface area contributed by atoms with E-state index >= 15 is 0 Å². The Kier molecular flexibility index (Phi) is 7.20. The SMILES string of the molecule is C[C@H](NC(=O)c1ccc(N(C)S(=O)(=O)c2ccc(Cl)cc2)cc1)c1ccc(C(C)(C)C)cc1. The Morgan fingerprint density at radius 2 is 1.45 bits per heavy atom. The van der Waals surface area contributed by atoms with E-state index in [4.69, 9.17) is 11.6 Å². The number of anilines is 1. The summed E-state index contributed by atoms with van der Waals surface area (Å²) in [6.45, 7) is 8.42. The Morgan fingerprint density at radius 3 is 1.97 bits per heavy atom. The molecule has 0 bridgehead atoms.